The van der Waals surface area contributed by atoms with Crippen molar-refractivity contribution >= 4 is 23.2 Å². The third-order valence-electron chi connectivity index (χ3n) is 4.24. The SMILES string of the molecule is O=C(CCOc1ccccc1F)N1CCN(c2ccccc2Cl)CC1. The van der Waals surface area contributed by atoms with E-state index in [-0.39, 0.29) is 24.7 Å². The van der Waals surface area contributed by atoms with Gasteiger partial charge in [0.05, 0.1) is 23.7 Å². The molecule has 1 fully saturated rings. The molecule has 1 heterocycles. The summed E-state index contributed by atoms with van der Waals surface area (Å²) in [5, 5.41) is 0.723. The number of para-hydroxylation sites is 2. The van der Waals surface area contributed by atoms with Gasteiger partial charge in [-0.3, -0.25) is 4.79 Å². The molecule has 0 N–H and O–H groups in total. The molecule has 0 aromatic heterocycles. The number of amides is 1. The van der Waals surface area contributed by atoms with Crippen LogP contribution in [0, 0.1) is 5.82 Å². The molecule has 1 amide bonds. The van der Waals surface area contributed by atoms with Gasteiger partial charge in [0.2, 0.25) is 5.91 Å². The Morgan fingerprint density at radius 3 is 2.44 bits per heavy atom. The second-order valence-corrected chi connectivity index (χ2v) is 6.26. The van der Waals surface area contributed by atoms with E-state index in [9.17, 15) is 9.18 Å². The van der Waals surface area contributed by atoms with Crippen LogP contribution in [-0.2, 0) is 4.79 Å². The molecule has 1 aliphatic rings. The van der Waals surface area contributed by atoms with Gasteiger partial charge in [0, 0.05) is 26.2 Å². The molecule has 2 aromatic rings. The Labute approximate surface area is 151 Å². The number of carbonyl (C=O) groups is 1. The fourth-order valence-electron chi connectivity index (χ4n) is 2.87. The molecule has 0 bridgehead atoms. The maximum absolute atomic E-state index is 13.5. The molecule has 6 heteroatoms. The number of hydrogen-bond donors (Lipinski definition) is 0. The first-order valence-electron chi connectivity index (χ1n) is 8.30. The molecule has 4 nitrogen and oxygen atoms in total. The smallest absolute Gasteiger partial charge is 0.226 e. The minimum atomic E-state index is -0.414. The zero-order valence-corrected chi connectivity index (χ0v) is 14.6. The average Bonchev–Trinajstić information content (AvgIpc) is 2.64. The number of rotatable bonds is 5. The van der Waals surface area contributed by atoms with Crippen LogP contribution in [0.1, 0.15) is 6.42 Å². The molecule has 1 saturated heterocycles. The first-order valence-corrected chi connectivity index (χ1v) is 8.67. The summed E-state index contributed by atoms with van der Waals surface area (Å²) in [6.45, 7) is 2.94. The van der Waals surface area contributed by atoms with Crippen molar-refractivity contribution in [3.05, 3.63) is 59.4 Å². The van der Waals surface area contributed by atoms with E-state index in [1.54, 1.807) is 18.2 Å². The Balaban J connectivity index is 1.46. The molecule has 25 heavy (non-hydrogen) atoms. The molecule has 0 atom stereocenters. The van der Waals surface area contributed by atoms with Gasteiger partial charge >= 0.3 is 0 Å². The van der Waals surface area contributed by atoms with Crippen LogP contribution in [0.4, 0.5) is 10.1 Å². The molecule has 0 radical (unpaired) electrons. The number of carbonyl (C=O) groups excluding carboxylic acids is 1. The normalized spacial score (nSPS) is 14.5. The summed E-state index contributed by atoms with van der Waals surface area (Å²) in [5.74, 6) is -0.211. The highest BCUT2D eigenvalue weighted by Crippen LogP contribution is 2.26. The van der Waals surface area contributed by atoms with E-state index >= 15 is 0 Å². The zero-order valence-electron chi connectivity index (χ0n) is 13.8. The number of nitrogens with zero attached hydrogens (tertiary/aromatic N) is 2. The largest absolute Gasteiger partial charge is 0.490 e. The van der Waals surface area contributed by atoms with E-state index in [0.29, 0.717) is 13.1 Å². The van der Waals surface area contributed by atoms with Crippen LogP contribution in [-0.4, -0.2) is 43.6 Å². The molecule has 132 valence electrons. The second-order valence-electron chi connectivity index (χ2n) is 5.85. The second kappa shape index (κ2) is 8.21. The number of ether oxygens (including phenoxy) is 1. The van der Waals surface area contributed by atoms with E-state index in [2.05, 4.69) is 4.90 Å². The van der Waals surface area contributed by atoms with Crippen molar-refractivity contribution in [2.24, 2.45) is 0 Å². The lowest BCUT2D eigenvalue weighted by Gasteiger charge is -2.36. The van der Waals surface area contributed by atoms with Crippen LogP contribution in [0.5, 0.6) is 5.75 Å². The van der Waals surface area contributed by atoms with E-state index < -0.39 is 5.82 Å². The van der Waals surface area contributed by atoms with E-state index in [4.69, 9.17) is 16.3 Å². The van der Waals surface area contributed by atoms with Gasteiger partial charge in [-0.1, -0.05) is 35.9 Å². The van der Waals surface area contributed by atoms with Crippen molar-refractivity contribution in [2.75, 3.05) is 37.7 Å². The van der Waals surface area contributed by atoms with Crippen molar-refractivity contribution in [3.63, 3.8) is 0 Å². The Morgan fingerprint density at radius 2 is 1.72 bits per heavy atom. The van der Waals surface area contributed by atoms with Crippen LogP contribution >= 0.6 is 11.6 Å². The van der Waals surface area contributed by atoms with E-state index in [1.807, 2.05) is 29.2 Å². The lowest BCUT2D eigenvalue weighted by atomic mass is 10.2. The predicted molar refractivity (Wildman–Crippen MR) is 96.8 cm³/mol. The Bertz CT molecular complexity index is 733. The van der Waals surface area contributed by atoms with Gasteiger partial charge in [-0.15, -0.1) is 0 Å². The maximum atomic E-state index is 13.5. The molecule has 0 spiro atoms. The van der Waals surface area contributed by atoms with E-state index in [1.165, 1.54) is 6.07 Å². The molecular formula is C19H20ClFN2O2. The number of hydrogen-bond acceptors (Lipinski definition) is 3. The lowest BCUT2D eigenvalue weighted by Crippen LogP contribution is -2.49. The molecule has 2 aromatic carbocycles. The Kier molecular flexibility index (Phi) is 5.76. The highest BCUT2D eigenvalue weighted by molar-refractivity contribution is 6.33. The fraction of sp³-hybridized carbons (Fsp3) is 0.316. The number of halogens is 2. The standard InChI is InChI=1S/C19H20ClFN2O2/c20-15-5-1-3-7-17(15)22-10-12-23(13-11-22)19(24)9-14-25-18-8-4-2-6-16(18)21/h1-8H,9-14H2. The van der Waals surface area contributed by atoms with Gasteiger partial charge in [-0.2, -0.15) is 0 Å². The summed E-state index contributed by atoms with van der Waals surface area (Å²) >= 11 is 6.23. The Morgan fingerprint density at radius 1 is 1.04 bits per heavy atom. The summed E-state index contributed by atoms with van der Waals surface area (Å²) in [4.78, 5) is 16.3. The first kappa shape index (κ1) is 17.5. The van der Waals surface area contributed by atoms with Gasteiger partial charge in [0.1, 0.15) is 0 Å². The molecule has 3 rings (SSSR count). The zero-order chi connectivity index (χ0) is 17.6. The quantitative estimate of drug-likeness (QED) is 0.814. The third kappa shape index (κ3) is 4.42. The van der Waals surface area contributed by atoms with Crippen LogP contribution < -0.4 is 9.64 Å². The number of piperazine rings is 1. The molecule has 1 aliphatic heterocycles. The van der Waals surface area contributed by atoms with Crippen molar-refractivity contribution in [2.45, 2.75) is 6.42 Å². The van der Waals surface area contributed by atoms with Gasteiger partial charge in [0.15, 0.2) is 11.6 Å². The van der Waals surface area contributed by atoms with Gasteiger partial charge in [-0.05, 0) is 24.3 Å². The molecule has 0 saturated carbocycles. The first-order chi connectivity index (χ1) is 12.1. The van der Waals surface area contributed by atoms with Crippen LogP contribution in [0.2, 0.25) is 5.02 Å². The summed E-state index contributed by atoms with van der Waals surface area (Å²) in [6.07, 6.45) is 0.237. The topological polar surface area (TPSA) is 32.8 Å². The fourth-order valence-corrected chi connectivity index (χ4v) is 3.13. The van der Waals surface area contributed by atoms with E-state index in [0.717, 1.165) is 23.8 Å². The Hall–Kier alpha value is -2.27. The van der Waals surface area contributed by atoms with Gasteiger partial charge < -0.3 is 14.5 Å². The van der Waals surface area contributed by atoms with Crippen LogP contribution in [0.25, 0.3) is 0 Å². The van der Waals surface area contributed by atoms with Gasteiger partial charge in [-0.25, -0.2) is 4.39 Å². The minimum Gasteiger partial charge on any atom is -0.490 e. The number of benzene rings is 2. The summed E-state index contributed by atoms with van der Waals surface area (Å²) in [7, 11) is 0. The van der Waals surface area contributed by atoms with Crippen LogP contribution in [0.15, 0.2) is 48.5 Å². The van der Waals surface area contributed by atoms with Crippen molar-refractivity contribution in [1.29, 1.82) is 0 Å². The van der Waals surface area contributed by atoms with Gasteiger partial charge in [0.25, 0.3) is 0 Å². The highest BCUT2D eigenvalue weighted by Gasteiger charge is 2.22. The van der Waals surface area contributed by atoms with Crippen molar-refractivity contribution in [3.8, 4) is 5.75 Å². The third-order valence-corrected chi connectivity index (χ3v) is 4.56. The summed E-state index contributed by atoms with van der Waals surface area (Å²) in [6, 6.07) is 13.9. The molecule has 0 unspecified atom stereocenters. The monoisotopic (exact) mass is 362 g/mol. The maximum Gasteiger partial charge on any atom is 0.226 e. The summed E-state index contributed by atoms with van der Waals surface area (Å²) < 4.78 is 18.8. The van der Waals surface area contributed by atoms with Crippen molar-refractivity contribution < 1.29 is 13.9 Å². The minimum absolute atomic E-state index is 0.0233. The molecule has 0 aliphatic carbocycles. The molecular weight excluding hydrogens is 343 g/mol. The summed E-state index contributed by atoms with van der Waals surface area (Å²) in [5.41, 5.74) is 0.999. The van der Waals surface area contributed by atoms with Crippen LogP contribution in [0.3, 0.4) is 0 Å². The average molecular weight is 363 g/mol. The van der Waals surface area contributed by atoms with Crippen molar-refractivity contribution in [1.82, 2.24) is 4.90 Å². The predicted octanol–water partition coefficient (Wildman–Crippen LogP) is 3.60. The lowest BCUT2D eigenvalue weighted by molar-refractivity contribution is -0.132. The number of anilines is 1. The highest BCUT2D eigenvalue weighted by atomic mass is 35.5.